The number of amides is 2. The van der Waals surface area contributed by atoms with E-state index in [1.807, 2.05) is 27.7 Å². The minimum absolute atomic E-state index is 0. The largest absolute Gasteiger partial charge is 0.467 e. The van der Waals surface area contributed by atoms with E-state index in [4.69, 9.17) is 4.74 Å². The van der Waals surface area contributed by atoms with E-state index in [9.17, 15) is 14.4 Å². The first-order chi connectivity index (χ1) is 10.8. The molecule has 24 heavy (non-hydrogen) atoms. The molecule has 0 radical (unpaired) electrons. The molecule has 1 aliphatic rings. The summed E-state index contributed by atoms with van der Waals surface area (Å²) in [6.07, 6.45) is 3.90. The van der Waals surface area contributed by atoms with Gasteiger partial charge in [0.25, 0.3) is 0 Å². The number of carbonyl (C=O) groups is 3. The molecule has 2 amide bonds. The van der Waals surface area contributed by atoms with Crippen molar-refractivity contribution in [1.82, 2.24) is 10.6 Å². The summed E-state index contributed by atoms with van der Waals surface area (Å²) < 4.78 is 4.74. The lowest BCUT2D eigenvalue weighted by molar-refractivity contribution is -0.146. The second-order valence-corrected chi connectivity index (χ2v) is 6.97. The van der Waals surface area contributed by atoms with Crippen molar-refractivity contribution in [2.75, 3.05) is 7.11 Å². The Morgan fingerprint density at radius 3 is 1.83 bits per heavy atom. The predicted molar refractivity (Wildman–Crippen MR) is 94.8 cm³/mol. The molecule has 140 valence electrons. The highest BCUT2D eigenvalue weighted by atomic mass is 35.5. The Bertz CT molecular complexity index is 434. The molecule has 1 aliphatic carbocycles. The SMILES string of the molecule is COC(=O)C(NC(=O)C(NC(=O)C1CCCC1)C(C)C)C(C)C.Cl. The molecule has 0 saturated heterocycles. The Kier molecular flexibility index (Phi) is 9.97. The molecule has 0 aliphatic heterocycles. The van der Waals surface area contributed by atoms with E-state index >= 15 is 0 Å². The van der Waals surface area contributed by atoms with Crippen LogP contribution >= 0.6 is 12.4 Å². The van der Waals surface area contributed by atoms with E-state index in [0.717, 1.165) is 25.7 Å². The highest BCUT2D eigenvalue weighted by molar-refractivity contribution is 5.91. The van der Waals surface area contributed by atoms with Crippen LogP contribution in [0.15, 0.2) is 0 Å². The summed E-state index contributed by atoms with van der Waals surface area (Å²) in [5.74, 6) is -1.02. The number of methoxy groups -OCH3 is 1. The van der Waals surface area contributed by atoms with Crippen LogP contribution in [0.25, 0.3) is 0 Å². The van der Waals surface area contributed by atoms with Gasteiger partial charge < -0.3 is 15.4 Å². The third-order valence-corrected chi connectivity index (χ3v) is 4.39. The molecule has 2 N–H and O–H groups in total. The maximum atomic E-state index is 12.5. The number of ether oxygens (including phenoxy) is 1. The van der Waals surface area contributed by atoms with Crippen LogP contribution in [0.5, 0.6) is 0 Å². The Balaban J connectivity index is 0.00000529. The van der Waals surface area contributed by atoms with Crippen LogP contribution in [0, 0.1) is 17.8 Å². The van der Waals surface area contributed by atoms with Crippen molar-refractivity contribution in [2.45, 2.75) is 65.5 Å². The molecule has 0 bridgehead atoms. The summed E-state index contributed by atoms with van der Waals surface area (Å²) in [5.41, 5.74) is 0. The molecule has 2 atom stereocenters. The van der Waals surface area contributed by atoms with Gasteiger partial charge in [-0.1, -0.05) is 40.5 Å². The van der Waals surface area contributed by atoms with Crippen LogP contribution in [0.3, 0.4) is 0 Å². The smallest absolute Gasteiger partial charge is 0.328 e. The van der Waals surface area contributed by atoms with Gasteiger partial charge in [-0.15, -0.1) is 12.4 Å². The monoisotopic (exact) mass is 362 g/mol. The van der Waals surface area contributed by atoms with Gasteiger partial charge in [-0.3, -0.25) is 9.59 Å². The fourth-order valence-electron chi connectivity index (χ4n) is 2.86. The summed E-state index contributed by atoms with van der Waals surface area (Å²) in [6.45, 7) is 7.43. The average molecular weight is 363 g/mol. The lowest BCUT2D eigenvalue weighted by Gasteiger charge is -2.27. The van der Waals surface area contributed by atoms with E-state index < -0.39 is 18.1 Å². The first-order valence-electron chi connectivity index (χ1n) is 8.46. The lowest BCUT2D eigenvalue weighted by atomic mass is 9.99. The number of hydrogen-bond acceptors (Lipinski definition) is 4. The number of carbonyl (C=O) groups excluding carboxylic acids is 3. The molecule has 1 saturated carbocycles. The first-order valence-corrected chi connectivity index (χ1v) is 8.46. The van der Waals surface area contributed by atoms with Crippen LogP contribution < -0.4 is 10.6 Å². The zero-order valence-electron chi connectivity index (χ0n) is 15.3. The molecule has 1 rings (SSSR count). The van der Waals surface area contributed by atoms with Crippen LogP contribution in [-0.2, 0) is 19.1 Å². The third kappa shape index (κ3) is 6.30. The summed E-state index contributed by atoms with van der Waals surface area (Å²) in [7, 11) is 1.30. The van der Waals surface area contributed by atoms with Gasteiger partial charge in [0.15, 0.2) is 0 Å². The number of esters is 1. The molecular formula is C17H31ClN2O4. The normalized spacial score (nSPS) is 17.1. The lowest BCUT2D eigenvalue weighted by Crippen LogP contribution is -2.55. The Morgan fingerprint density at radius 1 is 0.917 bits per heavy atom. The average Bonchev–Trinajstić information content (AvgIpc) is 3.02. The van der Waals surface area contributed by atoms with Crippen LogP contribution in [0.1, 0.15) is 53.4 Å². The van der Waals surface area contributed by atoms with Crippen molar-refractivity contribution in [3.63, 3.8) is 0 Å². The van der Waals surface area contributed by atoms with Gasteiger partial charge in [0.05, 0.1) is 7.11 Å². The summed E-state index contributed by atoms with van der Waals surface area (Å²) in [5, 5.41) is 5.57. The molecular weight excluding hydrogens is 332 g/mol. The molecule has 2 unspecified atom stereocenters. The van der Waals surface area contributed by atoms with E-state index in [0.29, 0.717) is 0 Å². The van der Waals surface area contributed by atoms with Gasteiger partial charge in [-0.05, 0) is 24.7 Å². The fourth-order valence-corrected chi connectivity index (χ4v) is 2.86. The third-order valence-electron chi connectivity index (χ3n) is 4.39. The first kappa shape index (κ1) is 22.7. The van der Waals surface area contributed by atoms with Crippen molar-refractivity contribution >= 4 is 30.2 Å². The number of hydrogen-bond donors (Lipinski definition) is 2. The van der Waals surface area contributed by atoms with Crippen molar-refractivity contribution < 1.29 is 19.1 Å². The van der Waals surface area contributed by atoms with E-state index in [-0.39, 0.29) is 42.0 Å². The number of halogens is 1. The molecule has 0 aromatic heterocycles. The van der Waals surface area contributed by atoms with Gasteiger partial charge in [0.1, 0.15) is 12.1 Å². The summed E-state index contributed by atoms with van der Waals surface area (Å²) >= 11 is 0. The molecule has 1 fully saturated rings. The predicted octanol–water partition coefficient (Wildman–Crippen LogP) is 2.05. The van der Waals surface area contributed by atoms with Crippen molar-refractivity contribution in [3.05, 3.63) is 0 Å². The Hall–Kier alpha value is -1.30. The number of rotatable bonds is 7. The quantitative estimate of drug-likeness (QED) is 0.679. The number of nitrogens with one attached hydrogen (secondary N) is 2. The Labute approximate surface area is 150 Å². The molecule has 7 heteroatoms. The standard InChI is InChI=1S/C17H30N2O4.ClH/c1-10(2)13(18-15(20)12-8-6-7-9-12)16(21)19-14(11(3)4)17(22)23-5;/h10-14H,6-9H2,1-5H3,(H,18,20)(H,19,21);1H. The molecule has 0 aromatic carbocycles. The van der Waals surface area contributed by atoms with Crippen molar-refractivity contribution in [3.8, 4) is 0 Å². The molecule has 6 nitrogen and oxygen atoms in total. The van der Waals surface area contributed by atoms with Gasteiger partial charge >= 0.3 is 5.97 Å². The van der Waals surface area contributed by atoms with Gasteiger partial charge in [0.2, 0.25) is 11.8 Å². The maximum absolute atomic E-state index is 12.5. The van der Waals surface area contributed by atoms with Crippen LogP contribution in [-0.4, -0.2) is 37.0 Å². The second-order valence-electron chi connectivity index (χ2n) is 6.97. The zero-order valence-corrected chi connectivity index (χ0v) is 16.1. The van der Waals surface area contributed by atoms with Crippen molar-refractivity contribution in [2.24, 2.45) is 17.8 Å². The van der Waals surface area contributed by atoms with Gasteiger partial charge in [0, 0.05) is 5.92 Å². The molecule has 0 heterocycles. The molecule has 0 aromatic rings. The topological polar surface area (TPSA) is 84.5 Å². The minimum Gasteiger partial charge on any atom is -0.467 e. The Morgan fingerprint density at radius 2 is 1.42 bits per heavy atom. The minimum atomic E-state index is -0.711. The van der Waals surface area contributed by atoms with Crippen LogP contribution in [0.4, 0.5) is 0 Å². The fraction of sp³-hybridized carbons (Fsp3) is 0.824. The van der Waals surface area contributed by atoms with Crippen molar-refractivity contribution in [1.29, 1.82) is 0 Å². The zero-order chi connectivity index (χ0) is 17.6. The van der Waals surface area contributed by atoms with Gasteiger partial charge in [-0.2, -0.15) is 0 Å². The molecule has 0 spiro atoms. The highest BCUT2D eigenvalue weighted by Crippen LogP contribution is 2.25. The summed E-state index contributed by atoms with van der Waals surface area (Å²) in [6, 6.07) is -1.36. The summed E-state index contributed by atoms with van der Waals surface area (Å²) in [4.78, 5) is 36.6. The maximum Gasteiger partial charge on any atom is 0.328 e. The van der Waals surface area contributed by atoms with E-state index in [1.54, 1.807) is 0 Å². The van der Waals surface area contributed by atoms with Crippen LogP contribution in [0.2, 0.25) is 0 Å². The van der Waals surface area contributed by atoms with E-state index in [1.165, 1.54) is 7.11 Å². The van der Waals surface area contributed by atoms with Gasteiger partial charge in [-0.25, -0.2) is 4.79 Å². The highest BCUT2D eigenvalue weighted by Gasteiger charge is 2.32. The second kappa shape index (κ2) is 10.5. The van der Waals surface area contributed by atoms with E-state index in [2.05, 4.69) is 10.6 Å².